The van der Waals surface area contributed by atoms with E-state index in [4.69, 9.17) is 19.9 Å². The van der Waals surface area contributed by atoms with E-state index in [2.05, 4.69) is 5.10 Å². The Morgan fingerprint density at radius 2 is 1.61 bits per heavy atom. The van der Waals surface area contributed by atoms with Crippen LogP contribution < -0.4 is 19.9 Å². The molecule has 168 valence electrons. The molecule has 0 saturated carbocycles. The number of hydrogen-bond donors (Lipinski definition) is 2. The van der Waals surface area contributed by atoms with Crippen LogP contribution in [0.25, 0.3) is 27.7 Å². The quantitative estimate of drug-likeness (QED) is 0.424. The van der Waals surface area contributed by atoms with Crippen molar-refractivity contribution in [3.8, 4) is 34.2 Å². The second-order valence-electron chi connectivity index (χ2n) is 7.03. The largest absolute Gasteiger partial charge is 0.496 e. The lowest BCUT2D eigenvalue weighted by Crippen LogP contribution is -2.20. The van der Waals surface area contributed by atoms with E-state index in [0.717, 1.165) is 10.8 Å². The second kappa shape index (κ2) is 8.91. The van der Waals surface area contributed by atoms with E-state index in [1.165, 1.54) is 18.9 Å². The molecule has 0 radical (unpaired) electrons. The number of carboxylic acids is 1. The summed E-state index contributed by atoms with van der Waals surface area (Å²) in [5, 5.41) is 16.0. The molecule has 0 fully saturated rings. The van der Waals surface area contributed by atoms with Gasteiger partial charge < -0.3 is 25.1 Å². The molecule has 4 rings (SSSR count). The molecule has 1 heterocycles. The predicted molar refractivity (Wildman–Crippen MR) is 121 cm³/mol. The molecule has 1 aromatic heterocycles. The fourth-order valence-electron chi connectivity index (χ4n) is 3.70. The fraction of sp³-hybridized carbons (Fsp3) is 0.125. The minimum Gasteiger partial charge on any atom is -0.496 e. The maximum Gasteiger partial charge on any atom is 0.360 e. The molecular weight excluding hydrogens is 426 g/mol. The first-order valence-electron chi connectivity index (χ1n) is 9.93. The standard InChI is InChI=1S/C24H21N3O6/c1-31-17-11-6-12-18(32-2)20(17)22-23(33-13-19(25)28)21(24(29)30)26-27(22)16-10-5-8-14-7-3-4-9-15(14)16/h3-12H,13H2,1-2H3,(H2,25,28)(H,29,30). The van der Waals surface area contributed by atoms with Crippen molar-refractivity contribution in [1.29, 1.82) is 0 Å². The molecule has 33 heavy (non-hydrogen) atoms. The molecule has 0 unspecified atom stereocenters. The average Bonchev–Trinajstić information content (AvgIpc) is 3.20. The number of aromatic carboxylic acids is 1. The third-order valence-corrected chi connectivity index (χ3v) is 5.06. The summed E-state index contributed by atoms with van der Waals surface area (Å²) in [5.41, 5.74) is 6.15. The number of rotatable bonds is 8. The van der Waals surface area contributed by atoms with Gasteiger partial charge in [-0.2, -0.15) is 5.10 Å². The van der Waals surface area contributed by atoms with Crippen molar-refractivity contribution >= 4 is 22.6 Å². The van der Waals surface area contributed by atoms with Crippen molar-refractivity contribution in [2.45, 2.75) is 0 Å². The van der Waals surface area contributed by atoms with Gasteiger partial charge in [-0.3, -0.25) is 4.79 Å². The summed E-state index contributed by atoms with van der Waals surface area (Å²) < 4.78 is 18.2. The Bertz CT molecular complexity index is 1330. The Morgan fingerprint density at radius 1 is 0.970 bits per heavy atom. The molecular formula is C24H21N3O6. The van der Waals surface area contributed by atoms with Crippen LogP contribution in [-0.2, 0) is 4.79 Å². The van der Waals surface area contributed by atoms with E-state index < -0.39 is 18.5 Å². The van der Waals surface area contributed by atoms with Gasteiger partial charge in [-0.15, -0.1) is 0 Å². The maximum atomic E-state index is 12.1. The highest BCUT2D eigenvalue weighted by Crippen LogP contribution is 2.45. The predicted octanol–water partition coefficient (Wildman–Crippen LogP) is 3.27. The monoisotopic (exact) mass is 447 g/mol. The van der Waals surface area contributed by atoms with Crippen LogP contribution >= 0.6 is 0 Å². The lowest BCUT2D eigenvalue weighted by Gasteiger charge is -2.17. The lowest BCUT2D eigenvalue weighted by atomic mass is 10.1. The SMILES string of the molecule is COc1cccc(OC)c1-c1c(OCC(N)=O)c(C(=O)O)nn1-c1cccc2ccccc12. The minimum atomic E-state index is -1.33. The van der Waals surface area contributed by atoms with Crippen LogP contribution in [0.5, 0.6) is 17.2 Å². The molecule has 0 aliphatic rings. The first-order chi connectivity index (χ1) is 16.0. The molecule has 3 aromatic carbocycles. The van der Waals surface area contributed by atoms with E-state index in [-0.39, 0.29) is 17.1 Å². The number of amides is 1. The molecule has 4 aromatic rings. The van der Waals surface area contributed by atoms with Crippen LogP contribution in [0.1, 0.15) is 10.5 Å². The average molecular weight is 447 g/mol. The van der Waals surface area contributed by atoms with Crippen molar-refractivity contribution in [3.63, 3.8) is 0 Å². The molecule has 0 bridgehead atoms. The van der Waals surface area contributed by atoms with Crippen LogP contribution in [0.2, 0.25) is 0 Å². The Labute approximate surface area is 188 Å². The first kappa shape index (κ1) is 21.7. The van der Waals surface area contributed by atoms with Gasteiger partial charge in [0.25, 0.3) is 5.91 Å². The Kier molecular flexibility index (Phi) is 5.86. The molecule has 1 amide bonds. The number of carbonyl (C=O) groups excluding carboxylic acids is 1. The number of aromatic nitrogens is 2. The summed E-state index contributed by atoms with van der Waals surface area (Å²) >= 11 is 0. The van der Waals surface area contributed by atoms with Crippen molar-refractivity contribution < 1.29 is 28.9 Å². The number of nitrogens with two attached hydrogens (primary N) is 1. The molecule has 3 N–H and O–H groups in total. The molecule has 9 heteroatoms. The summed E-state index contributed by atoms with van der Waals surface area (Å²) in [4.78, 5) is 23.6. The molecule has 0 aliphatic heterocycles. The number of benzene rings is 3. The first-order valence-corrected chi connectivity index (χ1v) is 9.93. The number of methoxy groups -OCH3 is 2. The van der Waals surface area contributed by atoms with Gasteiger partial charge in [0.2, 0.25) is 5.69 Å². The number of fused-ring (bicyclic) bond motifs is 1. The molecule has 0 atom stereocenters. The third kappa shape index (κ3) is 3.91. The van der Waals surface area contributed by atoms with Gasteiger partial charge in [-0.1, -0.05) is 42.5 Å². The summed E-state index contributed by atoms with van der Waals surface area (Å²) in [6.07, 6.45) is 0. The minimum absolute atomic E-state index is 0.128. The van der Waals surface area contributed by atoms with E-state index in [1.54, 1.807) is 18.2 Å². The number of primary amides is 1. The van der Waals surface area contributed by atoms with Crippen molar-refractivity contribution in [2.24, 2.45) is 5.73 Å². The Hall–Kier alpha value is -4.53. The second-order valence-corrected chi connectivity index (χ2v) is 7.03. The van der Waals surface area contributed by atoms with Crippen LogP contribution in [0.3, 0.4) is 0 Å². The number of nitrogens with zero attached hydrogens (tertiary/aromatic N) is 2. The Balaban J connectivity index is 2.14. The maximum absolute atomic E-state index is 12.1. The highest BCUT2D eigenvalue weighted by molar-refractivity contribution is 5.96. The number of carboxylic acid groups (broad SMARTS) is 1. The van der Waals surface area contributed by atoms with Crippen LogP contribution in [0.4, 0.5) is 0 Å². The van der Waals surface area contributed by atoms with E-state index in [1.807, 2.05) is 42.5 Å². The zero-order chi connectivity index (χ0) is 23.5. The number of carbonyl (C=O) groups is 2. The van der Waals surface area contributed by atoms with Crippen molar-refractivity contribution in [2.75, 3.05) is 20.8 Å². The highest BCUT2D eigenvalue weighted by atomic mass is 16.5. The van der Waals surface area contributed by atoms with Gasteiger partial charge in [0.05, 0.1) is 25.5 Å². The Morgan fingerprint density at radius 3 is 2.24 bits per heavy atom. The van der Waals surface area contributed by atoms with Gasteiger partial charge in [-0.05, 0) is 23.6 Å². The summed E-state index contributed by atoms with van der Waals surface area (Å²) in [6, 6.07) is 18.4. The van der Waals surface area contributed by atoms with Crippen LogP contribution in [-0.4, -0.2) is 47.6 Å². The van der Waals surface area contributed by atoms with Gasteiger partial charge in [0.15, 0.2) is 12.4 Å². The van der Waals surface area contributed by atoms with Crippen LogP contribution in [0, 0.1) is 0 Å². The zero-order valence-corrected chi connectivity index (χ0v) is 17.9. The van der Waals surface area contributed by atoms with E-state index >= 15 is 0 Å². The van der Waals surface area contributed by atoms with Gasteiger partial charge in [0.1, 0.15) is 17.2 Å². The van der Waals surface area contributed by atoms with Crippen LogP contribution in [0.15, 0.2) is 60.7 Å². The van der Waals surface area contributed by atoms with E-state index in [9.17, 15) is 14.7 Å². The normalized spacial score (nSPS) is 10.7. The van der Waals surface area contributed by atoms with Crippen molar-refractivity contribution in [3.05, 3.63) is 66.4 Å². The smallest absolute Gasteiger partial charge is 0.360 e. The fourth-order valence-corrected chi connectivity index (χ4v) is 3.70. The summed E-state index contributed by atoms with van der Waals surface area (Å²) in [6.45, 7) is -0.536. The van der Waals surface area contributed by atoms with Crippen molar-refractivity contribution in [1.82, 2.24) is 9.78 Å². The molecule has 9 nitrogen and oxygen atoms in total. The number of ether oxygens (including phenoxy) is 3. The molecule has 0 saturated heterocycles. The third-order valence-electron chi connectivity index (χ3n) is 5.06. The molecule has 0 aliphatic carbocycles. The summed E-state index contributed by atoms with van der Waals surface area (Å²) in [7, 11) is 2.97. The molecule has 0 spiro atoms. The van der Waals surface area contributed by atoms with Gasteiger partial charge in [-0.25, -0.2) is 9.48 Å². The lowest BCUT2D eigenvalue weighted by molar-refractivity contribution is -0.119. The summed E-state index contributed by atoms with van der Waals surface area (Å²) in [5.74, 6) is -1.42. The highest BCUT2D eigenvalue weighted by Gasteiger charge is 2.31. The number of hydrogen-bond acceptors (Lipinski definition) is 6. The topological polar surface area (TPSA) is 126 Å². The van der Waals surface area contributed by atoms with Gasteiger partial charge >= 0.3 is 5.97 Å². The zero-order valence-electron chi connectivity index (χ0n) is 17.9. The van der Waals surface area contributed by atoms with Gasteiger partial charge in [0, 0.05) is 5.39 Å². The van der Waals surface area contributed by atoms with E-state index in [0.29, 0.717) is 22.7 Å².